The van der Waals surface area contributed by atoms with Crippen molar-refractivity contribution in [3.8, 4) is 11.6 Å². The van der Waals surface area contributed by atoms with Crippen molar-refractivity contribution in [2.24, 2.45) is 4.99 Å². The predicted octanol–water partition coefficient (Wildman–Crippen LogP) is 3.48. The number of ether oxygens (including phenoxy) is 1. The largest absolute Gasteiger partial charge is 0.402 e. The molecule has 1 saturated heterocycles. The zero-order valence-corrected chi connectivity index (χ0v) is 22.2. The molecular weight excluding hydrogens is 518 g/mol. The second-order valence-electron chi connectivity index (χ2n) is 9.67. The quantitative estimate of drug-likeness (QED) is 0.332. The van der Waals surface area contributed by atoms with Gasteiger partial charge in [-0.15, -0.1) is 5.10 Å². The number of hydrogen-bond donors (Lipinski definition) is 3. The van der Waals surface area contributed by atoms with Crippen LogP contribution in [0, 0.1) is 0 Å². The van der Waals surface area contributed by atoms with Crippen LogP contribution < -0.4 is 15.5 Å². The highest BCUT2D eigenvalue weighted by Gasteiger charge is 2.31. The van der Waals surface area contributed by atoms with E-state index in [9.17, 15) is 9.90 Å². The summed E-state index contributed by atoms with van der Waals surface area (Å²) in [7, 11) is 0. The van der Waals surface area contributed by atoms with E-state index in [2.05, 4.69) is 30.7 Å². The molecule has 0 unspecified atom stereocenters. The number of thiazole rings is 1. The minimum Gasteiger partial charge on any atom is -0.402 e. The van der Waals surface area contributed by atoms with Gasteiger partial charge < -0.3 is 29.8 Å². The highest BCUT2D eigenvalue weighted by Crippen LogP contribution is 2.40. The van der Waals surface area contributed by atoms with Crippen LogP contribution in [0.5, 0.6) is 0 Å². The lowest BCUT2D eigenvalue weighted by Gasteiger charge is -2.27. The van der Waals surface area contributed by atoms with Gasteiger partial charge >= 0.3 is 6.01 Å². The molecule has 4 heterocycles. The lowest BCUT2D eigenvalue weighted by Crippen LogP contribution is -2.36. The summed E-state index contributed by atoms with van der Waals surface area (Å²) in [6.45, 7) is 5.91. The predicted molar refractivity (Wildman–Crippen MR) is 148 cm³/mol. The number of para-hydroxylation sites is 1. The molecule has 0 radical (unpaired) electrons. The summed E-state index contributed by atoms with van der Waals surface area (Å²) in [6, 6.07) is 17.2. The van der Waals surface area contributed by atoms with Crippen LogP contribution in [0.1, 0.15) is 30.0 Å². The van der Waals surface area contributed by atoms with Crippen molar-refractivity contribution in [3.63, 3.8) is 0 Å². The SMILES string of the molecule is CC(C)(O)c1nc(-c2nnc(N[C@H]3N=C(c4ccccc4)c4ccccc4NC3=O)o2)c(N2CCOCC2)s1. The Morgan fingerprint density at radius 3 is 2.59 bits per heavy atom. The van der Waals surface area contributed by atoms with E-state index in [1.54, 1.807) is 13.8 Å². The molecule has 2 aliphatic rings. The van der Waals surface area contributed by atoms with Crippen molar-refractivity contribution in [2.45, 2.75) is 25.6 Å². The molecule has 6 rings (SSSR count). The number of carbonyl (C=O) groups is 1. The average Bonchev–Trinajstić information content (AvgIpc) is 3.57. The van der Waals surface area contributed by atoms with Gasteiger partial charge in [0, 0.05) is 24.2 Å². The van der Waals surface area contributed by atoms with Crippen molar-refractivity contribution < 1.29 is 19.1 Å². The third kappa shape index (κ3) is 5.13. The Morgan fingerprint density at radius 2 is 1.82 bits per heavy atom. The molecule has 1 fully saturated rings. The molecule has 12 heteroatoms. The summed E-state index contributed by atoms with van der Waals surface area (Å²) < 4.78 is 11.5. The number of carbonyl (C=O) groups excluding carboxylic acids is 1. The maximum absolute atomic E-state index is 13.2. The molecule has 11 nitrogen and oxygen atoms in total. The van der Waals surface area contributed by atoms with Gasteiger partial charge in [-0.25, -0.2) is 9.98 Å². The molecule has 4 aromatic rings. The molecule has 0 bridgehead atoms. The number of anilines is 3. The number of aromatic nitrogens is 3. The first-order chi connectivity index (χ1) is 18.9. The summed E-state index contributed by atoms with van der Waals surface area (Å²) in [4.78, 5) is 24.7. The molecule has 2 aromatic heterocycles. The molecular formula is C27H27N7O4S. The highest BCUT2D eigenvalue weighted by atomic mass is 32.1. The van der Waals surface area contributed by atoms with Crippen LogP contribution in [0.25, 0.3) is 11.6 Å². The fourth-order valence-electron chi connectivity index (χ4n) is 4.37. The van der Waals surface area contributed by atoms with Gasteiger partial charge in [0.15, 0.2) is 5.69 Å². The maximum Gasteiger partial charge on any atom is 0.317 e. The Hall–Kier alpha value is -4.13. The highest BCUT2D eigenvalue weighted by molar-refractivity contribution is 7.16. The molecule has 1 atom stereocenters. The molecule has 39 heavy (non-hydrogen) atoms. The topological polar surface area (TPSA) is 138 Å². The first kappa shape index (κ1) is 25.2. The number of aliphatic hydroxyl groups is 1. The Morgan fingerprint density at radius 1 is 1.08 bits per heavy atom. The van der Waals surface area contributed by atoms with Gasteiger partial charge in [0.1, 0.15) is 15.6 Å². The first-order valence-corrected chi connectivity index (χ1v) is 13.4. The zero-order valence-electron chi connectivity index (χ0n) is 21.4. The lowest BCUT2D eigenvalue weighted by atomic mass is 10.0. The van der Waals surface area contributed by atoms with Gasteiger partial charge in [-0.3, -0.25) is 4.79 Å². The average molecular weight is 546 g/mol. The van der Waals surface area contributed by atoms with Gasteiger partial charge in [0.2, 0.25) is 6.17 Å². The van der Waals surface area contributed by atoms with Gasteiger partial charge in [0.05, 0.1) is 24.6 Å². The summed E-state index contributed by atoms with van der Waals surface area (Å²) in [5.74, 6) is -0.185. The number of aliphatic imine (C=N–C) groups is 1. The number of morpholine rings is 1. The van der Waals surface area contributed by atoms with Gasteiger partial charge in [-0.2, -0.15) is 0 Å². The number of amides is 1. The van der Waals surface area contributed by atoms with E-state index < -0.39 is 11.8 Å². The molecule has 1 amide bonds. The van der Waals surface area contributed by atoms with Crippen LogP contribution in [0.4, 0.5) is 16.7 Å². The van der Waals surface area contributed by atoms with Crippen LogP contribution in [-0.2, 0) is 15.1 Å². The van der Waals surface area contributed by atoms with Crippen molar-refractivity contribution >= 4 is 39.7 Å². The van der Waals surface area contributed by atoms with E-state index in [1.807, 2.05) is 54.6 Å². The molecule has 3 N–H and O–H groups in total. The number of nitrogens with one attached hydrogen (secondary N) is 2. The smallest absolute Gasteiger partial charge is 0.317 e. The fourth-order valence-corrected chi connectivity index (χ4v) is 5.48. The number of benzene rings is 2. The minimum atomic E-state index is -1.14. The van der Waals surface area contributed by atoms with E-state index >= 15 is 0 Å². The number of nitrogens with zero attached hydrogens (tertiary/aromatic N) is 5. The van der Waals surface area contributed by atoms with Crippen molar-refractivity contribution in [3.05, 3.63) is 70.7 Å². The monoisotopic (exact) mass is 545 g/mol. The van der Waals surface area contributed by atoms with Crippen molar-refractivity contribution in [2.75, 3.05) is 41.8 Å². The van der Waals surface area contributed by atoms with Crippen LogP contribution in [0.2, 0.25) is 0 Å². The molecule has 2 aromatic carbocycles. The van der Waals surface area contributed by atoms with Crippen molar-refractivity contribution in [1.29, 1.82) is 0 Å². The van der Waals surface area contributed by atoms with Crippen LogP contribution in [-0.4, -0.2) is 64.4 Å². The third-order valence-corrected chi connectivity index (χ3v) is 7.74. The van der Waals surface area contributed by atoms with E-state index in [1.165, 1.54) is 11.3 Å². The van der Waals surface area contributed by atoms with E-state index in [0.29, 0.717) is 48.4 Å². The molecule has 200 valence electrons. The Labute approximate surface area is 228 Å². The van der Waals surface area contributed by atoms with Gasteiger partial charge in [0.25, 0.3) is 11.8 Å². The lowest BCUT2D eigenvalue weighted by molar-refractivity contribution is -0.116. The van der Waals surface area contributed by atoms with Gasteiger partial charge in [-0.1, -0.05) is 65.0 Å². The molecule has 0 saturated carbocycles. The van der Waals surface area contributed by atoms with Crippen LogP contribution in [0.15, 0.2) is 64.0 Å². The standard InChI is InChI=1S/C27H27N7O4S/c1-27(2,36)25-30-20(24(39-25)34-12-14-37-15-13-34)23-32-33-26(38-23)31-21-22(35)28-18-11-7-6-10-17(18)19(29-21)16-8-4-3-5-9-16/h3-11,21,36H,12-15H2,1-2H3,(H,28,35)(H,31,33)/t21-/m1/s1. The number of benzodiazepines with no additional fused rings is 1. The Bertz CT molecular complexity index is 1520. The molecule has 0 spiro atoms. The maximum atomic E-state index is 13.2. The minimum absolute atomic E-state index is 0.0259. The van der Waals surface area contributed by atoms with E-state index in [-0.39, 0.29) is 17.8 Å². The fraction of sp³-hybridized carbons (Fsp3) is 0.296. The second kappa shape index (κ2) is 10.2. The third-order valence-electron chi connectivity index (χ3n) is 6.31. The number of rotatable bonds is 6. The molecule has 2 aliphatic heterocycles. The summed E-state index contributed by atoms with van der Waals surface area (Å²) in [6.07, 6.45) is -1.03. The van der Waals surface area contributed by atoms with E-state index in [0.717, 1.165) is 16.1 Å². The van der Waals surface area contributed by atoms with Crippen LogP contribution in [0.3, 0.4) is 0 Å². The molecule has 0 aliphatic carbocycles. The van der Waals surface area contributed by atoms with Crippen molar-refractivity contribution in [1.82, 2.24) is 15.2 Å². The van der Waals surface area contributed by atoms with E-state index in [4.69, 9.17) is 14.1 Å². The summed E-state index contributed by atoms with van der Waals surface area (Å²) in [5, 5.41) is 26.2. The Balaban J connectivity index is 1.33. The zero-order chi connectivity index (χ0) is 27.0. The number of fused-ring (bicyclic) bond motifs is 1. The van der Waals surface area contributed by atoms with Crippen LogP contribution >= 0.6 is 11.3 Å². The summed E-state index contributed by atoms with van der Waals surface area (Å²) >= 11 is 1.38. The first-order valence-electron chi connectivity index (χ1n) is 12.6. The number of hydrogen-bond acceptors (Lipinski definition) is 11. The normalized spacial score (nSPS) is 17.7. The Kier molecular flexibility index (Phi) is 6.59. The second-order valence-corrected chi connectivity index (χ2v) is 10.6. The van der Waals surface area contributed by atoms with Gasteiger partial charge in [-0.05, 0) is 19.9 Å². The summed E-state index contributed by atoms with van der Waals surface area (Å²) in [5.41, 5.74) is 2.34.